The first-order chi connectivity index (χ1) is 9.10. The average Bonchev–Trinajstić information content (AvgIpc) is 2.77. The predicted molar refractivity (Wildman–Crippen MR) is 79.9 cm³/mol. The number of thiophene rings is 1. The van der Waals surface area contributed by atoms with Crippen LogP contribution in [-0.2, 0) is 6.42 Å². The molecule has 2 rings (SSSR count). The topological polar surface area (TPSA) is 64.3 Å². The molecule has 0 saturated heterocycles. The van der Waals surface area contributed by atoms with Crippen molar-refractivity contribution in [3.05, 3.63) is 10.9 Å². The molecule has 0 amide bonds. The van der Waals surface area contributed by atoms with Crippen molar-refractivity contribution in [2.75, 3.05) is 33.0 Å². The molecule has 0 saturated carbocycles. The third-order valence-corrected chi connectivity index (χ3v) is 3.94. The molecule has 2 heterocycles. The van der Waals surface area contributed by atoms with Crippen LogP contribution in [0.15, 0.2) is 6.07 Å². The smallest absolute Gasteiger partial charge is 0.227 e. The Morgan fingerprint density at radius 2 is 2.16 bits per heavy atom. The van der Waals surface area contributed by atoms with Crippen LogP contribution in [0.5, 0.6) is 5.88 Å². The molecular formula is C13H20N4OS. The maximum absolute atomic E-state index is 5.76. The largest absolute Gasteiger partial charge is 0.477 e. The fourth-order valence-electron chi connectivity index (χ4n) is 1.79. The van der Waals surface area contributed by atoms with Gasteiger partial charge in [0.25, 0.3) is 0 Å². The van der Waals surface area contributed by atoms with Gasteiger partial charge in [0.15, 0.2) is 0 Å². The quantitative estimate of drug-likeness (QED) is 0.822. The molecule has 2 aromatic heterocycles. The van der Waals surface area contributed by atoms with E-state index in [1.54, 1.807) is 11.3 Å². The van der Waals surface area contributed by atoms with E-state index in [1.807, 2.05) is 14.1 Å². The van der Waals surface area contributed by atoms with Crippen molar-refractivity contribution >= 4 is 27.5 Å². The highest BCUT2D eigenvalue weighted by Gasteiger charge is 2.11. The van der Waals surface area contributed by atoms with Gasteiger partial charge in [0.05, 0.1) is 12.0 Å². The number of aromatic nitrogens is 2. The Labute approximate surface area is 117 Å². The second kappa shape index (κ2) is 6.16. The Morgan fingerprint density at radius 3 is 2.84 bits per heavy atom. The maximum atomic E-state index is 5.76. The minimum Gasteiger partial charge on any atom is -0.477 e. The van der Waals surface area contributed by atoms with Crippen LogP contribution < -0.4 is 10.5 Å². The zero-order valence-corrected chi connectivity index (χ0v) is 12.5. The summed E-state index contributed by atoms with van der Waals surface area (Å²) in [5, 5.41) is 0.973. The van der Waals surface area contributed by atoms with Gasteiger partial charge in [-0.25, -0.2) is 4.98 Å². The molecule has 0 aliphatic carbocycles. The predicted octanol–water partition coefficient (Wildman–Crippen LogP) is 2.17. The monoisotopic (exact) mass is 280 g/mol. The maximum Gasteiger partial charge on any atom is 0.227 e. The van der Waals surface area contributed by atoms with Crippen LogP contribution in [0.3, 0.4) is 0 Å². The number of nitrogen functional groups attached to an aromatic ring is 1. The summed E-state index contributed by atoms with van der Waals surface area (Å²) in [6.07, 6.45) is 1.95. The van der Waals surface area contributed by atoms with E-state index in [9.17, 15) is 0 Å². The Kier molecular flexibility index (Phi) is 4.55. The van der Waals surface area contributed by atoms with E-state index in [2.05, 4.69) is 27.9 Å². The van der Waals surface area contributed by atoms with Crippen LogP contribution >= 0.6 is 11.3 Å². The van der Waals surface area contributed by atoms with Gasteiger partial charge in [0.2, 0.25) is 11.8 Å². The summed E-state index contributed by atoms with van der Waals surface area (Å²) < 4.78 is 5.76. The van der Waals surface area contributed by atoms with E-state index in [1.165, 1.54) is 4.88 Å². The Hall–Kier alpha value is -1.40. The van der Waals surface area contributed by atoms with Crippen molar-refractivity contribution in [3.63, 3.8) is 0 Å². The summed E-state index contributed by atoms with van der Waals surface area (Å²) in [5.74, 6) is 0.886. The zero-order valence-electron chi connectivity index (χ0n) is 11.6. The fraction of sp³-hybridized carbons (Fsp3) is 0.538. The molecule has 0 spiro atoms. The van der Waals surface area contributed by atoms with E-state index in [0.29, 0.717) is 12.5 Å². The lowest BCUT2D eigenvalue weighted by Crippen LogP contribution is -2.15. The number of ether oxygens (including phenoxy) is 1. The standard InChI is InChI=1S/C13H20N4OS/c1-4-9-8-10-11(18-7-5-6-17(2)3)15-13(14)16-12(10)19-9/h8H,4-7H2,1-3H3,(H2,14,15,16). The summed E-state index contributed by atoms with van der Waals surface area (Å²) in [4.78, 5) is 12.8. The first-order valence-corrected chi connectivity index (χ1v) is 7.25. The summed E-state index contributed by atoms with van der Waals surface area (Å²) in [6.45, 7) is 3.76. The minimum atomic E-state index is 0.277. The van der Waals surface area contributed by atoms with Gasteiger partial charge < -0.3 is 15.4 Å². The van der Waals surface area contributed by atoms with E-state index in [4.69, 9.17) is 10.5 Å². The number of fused-ring (bicyclic) bond motifs is 1. The van der Waals surface area contributed by atoms with Crippen molar-refractivity contribution in [2.24, 2.45) is 0 Å². The number of hydrogen-bond acceptors (Lipinski definition) is 6. The van der Waals surface area contributed by atoms with Crippen LogP contribution in [0.4, 0.5) is 5.95 Å². The number of anilines is 1. The minimum absolute atomic E-state index is 0.277. The molecular weight excluding hydrogens is 260 g/mol. The summed E-state index contributed by atoms with van der Waals surface area (Å²) in [7, 11) is 4.10. The molecule has 0 bridgehead atoms. The zero-order chi connectivity index (χ0) is 13.8. The van der Waals surface area contributed by atoms with E-state index < -0.39 is 0 Å². The summed E-state index contributed by atoms with van der Waals surface area (Å²) in [6, 6.07) is 2.10. The molecule has 0 aromatic carbocycles. The number of nitrogens with zero attached hydrogens (tertiary/aromatic N) is 3. The molecule has 104 valence electrons. The molecule has 0 aliphatic rings. The Morgan fingerprint density at radius 1 is 1.37 bits per heavy atom. The first kappa shape index (κ1) is 14.0. The second-order valence-electron chi connectivity index (χ2n) is 4.68. The lowest BCUT2D eigenvalue weighted by Gasteiger charge is -2.10. The van der Waals surface area contributed by atoms with E-state index >= 15 is 0 Å². The summed E-state index contributed by atoms with van der Waals surface area (Å²) in [5.41, 5.74) is 5.72. The number of aryl methyl sites for hydroxylation is 1. The van der Waals surface area contributed by atoms with Crippen molar-refractivity contribution in [2.45, 2.75) is 19.8 Å². The van der Waals surface area contributed by atoms with Gasteiger partial charge >= 0.3 is 0 Å². The second-order valence-corrected chi connectivity index (χ2v) is 5.79. The van der Waals surface area contributed by atoms with Crippen LogP contribution in [0.25, 0.3) is 10.2 Å². The Balaban J connectivity index is 2.14. The summed E-state index contributed by atoms with van der Waals surface area (Å²) >= 11 is 1.65. The van der Waals surface area contributed by atoms with Gasteiger partial charge in [-0.05, 0) is 33.0 Å². The molecule has 0 fully saturated rings. The molecule has 2 N–H and O–H groups in total. The van der Waals surface area contributed by atoms with Crippen LogP contribution in [0.2, 0.25) is 0 Å². The van der Waals surface area contributed by atoms with Gasteiger partial charge in [-0.2, -0.15) is 4.98 Å². The van der Waals surface area contributed by atoms with Crippen LogP contribution in [0.1, 0.15) is 18.2 Å². The van der Waals surface area contributed by atoms with Crippen molar-refractivity contribution < 1.29 is 4.74 Å². The molecule has 0 radical (unpaired) electrons. The highest BCUT2D eigenvalue weighted by Crippen LogP contribution is 2.31. The normalized spacial score (nSPS) is 11.4. The average molecular weight is 280 g/mol. The third-order valence-electron chi connectivity index (χ3n) is 2.76. The molecule has 5 nitrogen and oxygen atoms in total. The van der Waals surface area contributed by atoms with E-state index in [0.717, 1.165) is 29.6 Å². The van der Waals surface area contributed by atoms with E-state index in [-0.39, 0.29) is 5.95 Å². The van der Waals surface area contributed by atoms with Crippen molar-refractivity contribution in [3.8, 4) is 5.88 Å². The number of hydrogen-bond donors (Lipinski definition) is 1. The van der Waals surface area contributed by atoms with Crippen molar-refractivity contribution in [1.82, 2.24) is 14.9 Å². The molecule has 0 unspecified atom stereocenters. The van der Waals surface area contributed by atoms with Crippen molar-refractivity contribution in [1.29, 1.82) is 0 Å². The van der Waals surface area contributed by atoms with Gasteiger partial charge in [-0.3, -0.25) is 0 Å². The molecule has 19 heavy (non-hydrogen) atoms. The number of rotatable bonds is 6. The molecule has 0 aliphatic heterocycles. The van der Waals surface area contributed by atoms with Gasteiger partial charge in [-0.15, -0.1) is 11.3 Å². The van der Waals surface area contributed by atoms with Gasteiger partial charge in [0, 0.05) is 11.4 Å². The van der Waals surface area contributed by atoms with Gasteiger partial charge in [0.1, 0.15) is 4.83 Å². The van der Waals surface area contributed by atoms with Gasteiger partial charge in [-0.1, -0.05) is 6.92 Å². The lowest BCUT2D eigenvalue weighted by atomic mass is 10.3. The highest BCUT2D eigenvalue weighted by molar-refractivity contribution is 7.18. The third kappa shape index (κ3) is 3.54. The van der Waals surface area contributed by atoms with Crippen LogP contribution in [-0.4, -0.2) is 42.1 Å². The molecule has 0 atom stereocenters. The SMILES string of the molecule is CCc1cc2c(OCCCN(C)C)nc(N)nc2s1. The molecule has 6 heteroatoms. The number of nitrogens with two attached hydrogens (primary N) is 1. The first-order valence-electron chi connectivity index (χ1n) is 6.43. The molecule has 2 aromatic rings. The fourth-order valence-corrected chi connectivity index (χ4v) is 2.76. The lowest BCUT2D eigenvalue weighted by molar-refractivity contribution is 0.276. The highest BCUT2D eigenvalue weighted by atomic mass is 32.1. The Bertz CT molecular complexity index is 553. The van der Waals surface area contributed by atoms with Crippen LogP contribution in [0, 0.1) is 0 Å².